The van der Waals surface area contributed by atoms with Gasteiger partial charge in [0.2, 0.25) is 0 Å². The van der Waals surface area contributed by atoms with Crippen LogP contribution in [0.1, 0.15) is 101 Å². The molecular formula is C26H34O5. The van der Waals surface area contributed by atoms with Gasteiger partial charge in [-0.05, 0) is 65.0 Å². The predicted octanol–water partition coefficient (Wildman–Crippen LogP) is 5.88. The van der Waals surface area contributed by atoms with E-state index in [1.807, 2.05) is 6.07 Å². The molecule has 1 aromatic carbocycles. The third-order valence-corrected chi connectivity index (χ3v) is 6.91. The van der Waals surface area contributed by atoms with Gasteiger partial charge in [-0.2, -0.15) is 0 Å². The first-order valence-electron chi connectivity index (χ1n) is 11.6. The zero-order valence-corrected chi connectivity index (χ0v) is 19.4. The topological polar surface area (TPSA) is 61.8 Å². The number of esters is 1. The fourth-order valence-corrected chi connectivity index (χ4v) is 5.35. The average Bonchev–Trinajstić information content (AvgIpc) is 2.66. The van der Waals surface area contributed by atoms with E-state index in [0.29, 0.717) is 17.2 Å². The summed E-state index contributed by atoms with van der Waals surface area (Å²) in [6.07, 6.45) is 7.53. The molecule has 0 N–H and O–H groups in total. The fraction of sp³-hybridized carbons (Fsp3) is 0.615. The highest BCUT2D eigenvalue weighted by Crippen LogP contribution is 2.55. The van der Waals surface area contributed by atoms with Gasteiger partial charge in [0.15, 0.2) is 0 Å². The number of ether oxygens (including phenoxy) is 3. The van der Waals surface area contributed by atoms with Crippen molar-refractivity contribution in [3.63, 3.8) is 0 Å². The van der Waals surface area contributed by atoms with E-state index in [1.54, 1.807) is 0 Å². The Morgan fingerprint density at radius 1 is 1.23 bits per heavy atom. The Bertz CT molecular complexity index is 926. The summed E-state index contributed by atoms with van der Waals surface area (Å²) < 4.78 is 18.3. The summed E-state index contributed by atoms with van der Waals surface area (Å²) in [5.41, 5.74) is 3.43. The minimum absolute atomic E-state index is 0.0509. The Labute approximate surface area is 185 Å². The molecule has 0 spiro atoms. The molecule has 0 radical (unpaired) electrons. The van der Waals surface area contributed by atoms with Crippen molar-refractivity contribution in [2.24, 2.45) is 5.92 Å². The molecule has 4 rings (SSSR count). The number of unbranched alkanes of at least 4 members (excludes halogenated alkanes) is 2. The van der Waals surface area contributed by atoms with Crippen LogP contribution < -0.4 is 9.47 Å². The Kier molecular flexibility index (Phi) is 5.89. The lowest BCUT2D eigenvalue weighted by atomic mass is 9.67. The number of cyclic esters (lactones) is 1. The smallest absolute Gasteiger partial charge is 0.345 e. The number of aryl methyl sites for hydroxylation is 1. The van der Waals surface area contributed by atoms with Gasteiger partial charge in [0.1, 0.15) is 28.4 Å². The van der Waals surface area contributed by atoms with Crippen LogP contribution in [0.25, 0.3) is 0 Å². The summed E-state index contributed by atoms with van der Waals surface area (Å²) in [5, 5.41) is 0. The lowest BCUT2D eigenvalue weighted by Gasteiger charge is -2.47. The van der Waals surface area contributed by atoms with Crippen LogP contribution in [0.5, 0.6) is 11.5 Å². The van der Waals surface area contributed by atoms with Crippen LogP contribution in [-0.2, 0) is 16.0 Å². The normalized spacial score (nSPS) is 25.8. The maximum Gasteiger partial charge on any atom is 0.345 e. The SMILES string of the molecule is CCCCCc1cc2c(c3c1C(=O)OC(CC(C)=O)O3)C1C=C(C)CCC1C(C)(C)O2. The first kappa shape index (κ1) is 21.9. The fourth-order valence-electron chi connectivity index (χ4n) is 5.35. The number of benzene rings is 1. The largest absolute Gasteiger partial charge is 0.487 e. The zero-order chi connectivity index (χ0) is 22.3. The van der Waals surface area contributed by atoms with Crippen LogP contribution in [0.3, 0.4) is 0 Å². The van der Waals surface area contributed by atoms with E-state index >= 15 is 0 Å². The second kappa shape index (κ2) is 8.33. The molecule has 168 valence electrons. The minimum Gasteiger partial charge on any atom is -0.487 e. The molecule has 0 saturated carbocycles. The van der Waals surface area contributed by atoms with Gasteiger partial charge >= 0.3 is 5.97 Å². The Hall–Kier alpha value is -2.30. The van der Waals surface area contributed by atoms with E-state index < -0.39 is 6.29 Å². The van der Waals surface area contributed by atoms with E-state index in [9.17, 15) is 9.59 Å². The van der Waals surface area contributed by atoms with E-state index in [4.69, 9.17) is 14.2 Å². The van der Waals surface area contributed by atoms with Crippen molar-refractivity contribution in [1.82, 2.24) is 0 Å². The van der Waals surface area contributed by atoms with Crippen molar-refractivity contribution >= 4 is 11.8 Å². The molecule has 1 aromatic rings. The molecule has 0 fully saturated rings. The Morgan fingerprint density at radius 2 is 2.00 bits per heavy atom. The van der Waals surface area contributed by atoms with Crippen LogP contribution in [0.4, 0.5) is 0 Å². The van der Waals surface area contributed by atoms with Crippen LogP contribution in [0, 0.1) is 5.92 Å². The maximum atomic E-state index is 13.1. The number of fused-ring (bicyclic) bond motifs is 5. The van der Waals surface area contributed by atoms with Gasteiger partial charge in [-0.1, -0.05) is 31.4 Å². The van der Waals surface area contributed by atoms with E-state index in [2.05, 4.69) is 33.8 Å². The summed E-state index contributed by atoms with van der Waals surface area (Å²) in [5.74, 6) is 1.33. The first-order valence-corrected chi connectivity index (χ1v) is 11.6. The number of allylic oxidation sites excluding steroid dienone is 2. The number of carbonyl (C=O) groups is 2. The van der Waals surface area contributed by atoms with E-state index in [-0.39, 0.29) is 29.7 Å². The number of Topliss-reactive ketones (excluding diaryl/α,β-unsaturated/α-hetero) is 1. The number of hydrogen-bond donors (Lipinski definition) is 0. The van der Waals surface area contributed by atoms with E-state index in [0.717, 1.165) is 55.4 Å². The van der Waals surface area contributed by atoms with E-state index in [1.165, 1.54) is 12.5 Å². The molecule has 5 nitrogen and oxygen atoms in total. The summed E-state index contributed by atoms with van der Waals surface area (Å²) in [6, 6.07) is 2.04. The molecular weight excluding hydrogens is 392 g/mol. The third kappa shape index (κ3) is 4.11. The van der Waals surface area contributed by atoms with Gasteiger partial charge in [-0.25, -0.2) is 4.79 Å². The van der Waals surface area contributed by atoms with Gasteiger partial charge < -0.3 is 14.2 Å². The Morgan fingerprint density at radius 3 is 2.71 bits per heavy atom. The molecule has 0 aromatic heterocycles. The molecule has 0 saturated heterocycles. The zero-order valence-electron chi connectivity index (χ0n) is 19.4. The van der Waals surface area contributed by atoms with Crippen molar-refractivity contribution in [2.45, 2.75) is 97.4 Å². The minimum atomic E-state index is -0.880. The highest BCUT2D eigenvalue weighted by Gasteiger charge is 2.47. The van der Waals surface area contributed by atoms with Crippen molar-refractivity contribution < 1.29 is 23.8 Å². The second-order valence-electron chi connectivity index (χ2n) is 9.86. The van der Waals surface area contributed by atoms with Gasteiger partial charge in [0, 0.05) is 17.4 Å². The Balaban J connectivity index is 1.88. The summed E-state index contributed by atoms with van der Waals surface area (Å²) in [6.45, 7) is 10.1. The molecule has 0 bridgehead atoms. The third-order valence-electron chi connectivity index (χ3n) is 6.91. The van der Waals surface area contributed by atoms with Gasteiger partial charge in [0.05, 0.1) is 6.42 Å². The lowest BCUT2D eigenvalue weighted by Crippen LogP contribution is -2.46. The van der Waals surface area contributed by atoms with Crippen LogP contribution in [0.2, 0.25) is 0 Å². The molecule has 3 atom stereocenters. The summed E-state index contributed by atoms with van der Waals surface area (Å²) in [7, 11) is 0. The van der Waals surface area contributed by atoms with Crippen molar-refractivity contribution in [3.05, 3.63) is 34.4 Å². The molecule has 31 heavy (non-hydrogen) atoms. The van der Waals surface area contributed by atoms with Crippen LogP contribution in [0.15, 0.2) is 17.7 Å². The molecule has 1 aliphatic carbocycles. The number of hydrogen-bond acceptors (Lipinski definition) is 5. The molecule has 2 heterocycles. The van der Waals surface area contributed by atoms with Gasteiger partial charge in [-0.15, -0.1) is 0 Å². The van der Waals surface area contributed by atoms with Gasteiger partial charge in [0.25, 0.3) is 6.29 Å². The number of ketones is 1. The number of carbonyl (C=O) groups excluding carboxylic acids is 2. The highest BCUT2D eigenvalue weighted by atomic mass is 16.7. The molecule has 3 aliphatic rings. The molecule has 5 heteroatoms. The van der Waals surface area contributed by atoms with Crippen LogP contribution in [-0.4, -0.2) is 23.6 Å². The van der Waals surface area contributed by atoms with Gasteiger partial charge in [-0.3, -0.25) is 4.79 Å². The monoisotopic (exact) mass is 426 g/mol. The molecule has 0 amide bonds. The standard InChI is InChI=1S/C26H34O5/c1-6-7-8-9-17-14-20-23(18-12-15(2)10-11-19(18)26(4,5)31-20)24-22(17)25(28)30-21(29-24)13-16(3)27/h12,14,18-19,21H,6-11,13H2,1-5H3. The van der Waals surface area contributed by atoms with Crippen molar-refractivity contribution in [1.29, 1.82) is 0 Å². The maximum absolute atomic E-state index is 13.1. The van der Waals surface area contributed by atoms with Crippen LogP contribution >= 0.6 is 0 Å². The van der Waals surface area contributed by atoms with Crippen molar-refractivity contribution in [3.8, 4) is 11.5 Å². The lowest BCUT2D eigenvalue weighted by molar-refractivity contribution is -0.125. The first-order chi connectivity index (χ1) is 14.7. The highest BCUT2D eigenvalue weighted by molar-refractivity contribution is 5.96. The summed E-state index contributed by atoms with van der Waals surface area (Å²) >= 11 is 0. The summed E-state index contributed by atoms with van der Waals surface area (Å²) in [4.78, 5) is 24.8. The quantitative estimate of drug-likeness (QED) is 0.323. The van der Waals surface area contributed by atoms with Crippen molar-refractivity contribution in [2.75, 3.05) is 0 Å². The molecule has 3 unspecified atom stereocenters. The average molecular weight is 427 g/mol. The second-order valence-corrected chi connectivity index (χ2v) is 9.86. The predicted molar refractivity (Wildman–Crippen MR) is 119 cm³/mol. The molecule has 2 aliphatic heterocycles. The number of rotatable bonds is 6.